The van der Waals surface area contributed by atoms with Crippen LogP contribution in [0, 0.1) is 0 Å². The number of carboxylic acids is 1. The highest BCUT2D eigenvalue weighted by molar-refractivity contribution is 5.87. The van der Waals surface area contributed by atoms with Crippen LogP contribution in [-0.2, 0) is 25.7 Å². The van der Waals surface area contributed by atoms with Crippen LogP contribution in [0.5, 0.6) is 11.5 Å². The first-order valence-electron chi connectivity index (χ1n) is 10.4. The highest BCUT2D eigenvalue weighted by Crippen LogP contribution is 2.36. The van der Waals surface area contributed by atoms with Crippen LogP contribution < -0.4 is 9.47 Å². The number of methoxy groups -OCH3 is 2. The number of aryl methyl sites for hydroxylation is 2. The van der Waals surface area contributed by atoms with Gasteiger partial charge in [-0.2, -0.15) is 0 Å². The Morgan fingerprint density at radius 1 is 0.935 bits per heavy atom. The van der Waals surface area contributed by atoms with Gasteiger partial charge in [0.2, 0.25) is 0 Å². The number of carbonyl (C=O) groups is 1. The van der Waals surface area contributed by atoms with Crippen molar-refractivity contribution in [2.24, 2.45) is 0 Å². The lowest BCUT2D eigenvalue weighted by Gasteiger charge is -2.15. The highest BCUT2D eigenvalue weighted by Gasteiger charge is 2.19. The minimum Gasteiger partial charge on any atom is -0.497 e. The molecule has 0 saturated heterocycles. The monoisotopic (exact) mass is 414 g/mol. The number of rotatable bonds is 8. The normalized spacial score (nSPS) is 12.3. The van der Waals surface area contributed by atoms with E-state index in [9.17, 15) is 4.79 Å². The number of hydrogen-bond acceptors (Lipinski definition) is 3. The smallest absolute Gasteiger partial charge is 0.335 e. The third kappa shape index (κ3) is 4.48. The number of benzene rings is 3. The molecule has 0 radical (unpaired) electrons. The molecular formula is C27H26O4. The number of ether oxygens (including phenoxy) is 2. The molecule has 0 atom stereocenters. The van der Waals surface area contributed by atoms with Gasteiger partial charge in [-0.05, 0) is 77.4 Å². The van der Waals surface area contributed by atoms with E-state index >= 15 is 0 Å². The van der Waals surface area contributed by atoms with Gasteiger partial charge in [-0.3, -0.25) is 0 Å². The molecule has 3 aromatic carbocycles. The summed E-state index contributed by atoms with van der Waals surface area (Å²) in [6, 6.07) is 19.6. The molecule has 0 spiro atoms. The Morgan fingerprint density at radius 3 is 2.45 bits per heavy atom. The Balaban J connectivity index is 1.56. The standard InChI is InChI=1S/C27H26O4/c1-30-24-14-15-25(31-2)23(17-24)16-22-13-12-20-5-3-4-19(26(20)22)9-6-18-7-10-21(11-8-18)27(28)29/h3-5,7-8,10-11,13-15,17H,6,9,12,16H2,1-2H3,(H,28,29). The van der Waals surface area contributed by atoms with Crippen molar-refractivity contribution in [2.75, 3.05) is 14.2 Å². The zero-order chi connectivity index (χ0) is 21.8. The fraction of sp³-hybridized carbons (Fsp3) is 0.222. The van der Waals surface area contributed by atoms with Crippen LogP contribution in [0.3, 0.4) is 0 Å². The van der Waals surface area contributed by atoms with Gasteiger partial charge in [0, 0.05) is 12.0 Å². The molecule has 0 saturated carbocycles. The van der Waals surface area contributed by atoms with Gasteiger partial charge in [0.25, 0.3) is 0 Å². The van der Waals surface area contributed by atoms with E-state index in [4.69, 9.17) is 14.6 Å². The number of aromatic carboxylic acids is 1. The van der Waals surface area contributed by atoms with Crippen molar-refractivity contribution < 1.29 is 19.4 Å². The van der Waals surface area contributed by atoms with Crippen molar-refractivity contribution in [3.8, 4) is 11.5 Å². The topological polar surface area (TPSA) is 55.8 Å². The van der Waals surface area contributed by atoms with E-state index < -0.39 is 5.97 Å². The molecule has 4 heteroatoms. The van der Waals surface area contributed by atoms with Crippen molar-refractivity contribution in [1.82, 2.24) is 0 Å². The Kier molecular flexibility index (Phi) is 6.08. The maximum atomic E-state index is 11.1. The van der Waals surface area contributed by atoms with Gasteiger partial charge < -0.3 is 14.6 Å². The first-order valence-corrected chi connectivity index (χ1v) is 10.4. The van der Waals surface area contributed by atoms with Gasteiger partial charge >= 0.3 is 5.97 Å². The van der Waals surface area contributed by atoms with Crippen molar-refractivity contribution in [2.45, 2.75) is 25.7 Å². The van der Waals surface area contributed by atoms with Gasteiger partial charge in [-0.25, -0.2) is 4.79 Å². The summed E-state index contributed by atoms with van der Waals surface area (Å²) in [6.45, 7) is 0. The molecule has 1 aliphatic rings. The van der Waals surface area contributed by atoms with Crippen LogP contribution in [0.2, 0.25) is 0 Å². The van der Waals surface area contributed by atoms with Crippen LogP contribution in [0.15, 0.2) is 66.7 Å². The lowest BCUT2D eigenvalue weighted by atomic mass is 9.91. The summed E-state index contributed by atoms with van der Waals surface area (Å²) in [5.41, 5.74) is 7.91. The summed E-state index contributed by atoms with van der Waals surface area (Å²) < 4.78 is 11.0. The molecule has 0 bridgehead atoms. The lowest BCUT2D eigenvalue weighted by molar-refractivity contribution is 0.0697. The Morgan fingerprint density at radius 2 is 1.74 bits per heavy atom. The molecule has 1 aliphatic carbocycles. The van der Waals surface area contributed by atoms with Gasteiger partial charge in [0.15, 0.2) is 0 Å². The predicted molar refractivity (Wildman–Crippen MR) is 122 cm³/mol. The first-order chi connectivity index (χ1) is 15.1. The van der Waals surface area contributed by atoms with Crippen LogP contribution >= 0.6 is 0 Å². The Hall–Kier alpha value is -3.53. The molecule has 0 aliphatic heterocycles. The minimum atomic E-state index is -0.893. The van der Waals surface area contributed by atoms with Gasteiger partial charge in [-0.15, -0.1) is 0 Å². The summed E-state index contributed by atoms with van der Waals surface area (Å²) in [5, 5.41) is 9.09. The van der Waals surface area contributed by atoms with Gasteiger partial charge in [-0.1, -0.05) is 36.4 Å². The maximum Gasteiger partial charge on any atom is 0.335 e. The van der Waals surface area contributed by atoms with Crippen molar-refractivity contribution in [1.29, 1.82) is 0 Å². The molecule has 0 unspecified atom stereocenters. The molecule has 0 fully saturated rings. The first kappa shape index (κ1) is 20.7. The molecular weight excluding hydrogens is 388 g/mol. The molecule has 0 amide bonds. The second-order valence-electron chi connectivity index (χ2n) is 7.74. The largest absolute Gasteiger partial charge is 0.497 e. The molecule has 1 N–H and O–H groups in total. The second kappa shape index (κ2) is 9.09. The van der Waals surface area contributed by atoms with Crippen LogP contribution in [0.4, 0.5) is 0 Å². The summed E-state index contributed by atoms with van der Waals surface area (Å²) in [5.74, 6) is 0.800. The predicted octanol–water partition coefficient (Wildman–Crippen LogP) is 5.37. The van der Waals surface area contributed by atoms with E-state index in [0.717, 1.165) is 48.3 Å². The summed E-state index contributed by atoms with van der Waals surface area (Å²) in [7, 11) is 3.38. The van der Waals surface area contributed by atoms with E-state index in [1.807, 2.05) is 30.3 Å². The Labute approximate surface area is 182 Å². The molecule has 3 aromatic rings. The number of carboxylic acid groups (broad SMARTS) is 1. The quantitative estimate of drug-likeness (QED) is 0.538. The summed E-state index contributed by atoms with van der Waals surface area (Å²) in [6.07, 6.45) is 5.82. The molecule has 0 heterocycles. The van der Waals surface area contributed by atoms with E-state index in [1.165, 1.54) is 22.3 Å². The van der Waals surface area contributed by atoms with E-state index in [0.29, 0.717) is 5.56 Å². The van der Waals surface area contributed by atoms with Crippen molar-refractivity contribution in [3.63, 3.8) is 0 Å². The van der Waals surface area contributed by atoms with Gasteiger partial charge in [0.1, 0.15) is 11.5 Å². The van der Waals surface area contributed by atoms with Gasteiger partial charge in [0.05, 0.1) is 19.8 Å². The zero-order valence-electron chi connectivity index (χ0n) is 17.9. The summed E-state index contributed by atoms with van der Waals surface area (Å²) >= 11 is 0. The lowest BCUT2D eigenvalue weighted by Crippen LogP contribution is -2.01. The average molecular weight is 415 g/mol. The van der Waals surface area contributed by atoms with Crippen molar-refractivity contribution >= 4 is 11.5 Å². The van der Waals surface area contributed by atoms with Crippen LogP contribution in [0.25, 0.3) is 5.57 Å². The van der Waals surface area contributed by atoms with E-state index in [2.05, 4.69) is 24.3 Å². The highest BCUT2D eigenvalue weighted by atomic mass is 16.5. The number of fused-ring (bicyclic) bond motifs is 1. The third-order valence-electron chi connectivity index (χ3n) is 5.88. The van der Waals surface area contributed by atoms with E-state index in [-0.39, 0.29) is 0 Å². The fourth-order valence-electron chi connectivity index (χ4n) is 4.26. The zero-order valence-corrected chi connectivity index (χ0v) is 17.9. The van der Waals surface area contributed by atoms with Crippen molar-refractivity contribution in [3.05, 3.63) is 100 Å². The molecule has 4 nitrogen and oxygen atoms in total. The van der Waals surface area contributed by atoms with E-state index in [1.54, 1.807) is 26.4 Å². The second-order valence-corrected chi connectivity index (χ2v) is 7.74. The third-order valence-corrected chi connectivity index (χ3v) is 5.88. The van der Waals surface area contributed by atoms with Crippen LogP contribution in [0.1, 0.15) is 38.2 Å². The molecule has 31 heavy (non-hydrogen) atoms. The Bertz CT molecular complexity index is 1130. The van der Waals surface area contributed by atoms with Crippen LogP contribution in [-0.4, -0.2) is 25.3 Å². The number of hydrogen-bond donors (Lipinski definition) is 1. The SMILES string of the molecule is COc1ccc(OC)c(CC2=CCc3cccc(CCc4ccc(C(=O)O)cc4)c32)c1. The fourth-order valence-corrected chi connectivity index (χ4v) is 4.26. The summed E-state index contributed by atoms with van der Waals surface area (Å²) in [4.78, 5) is 11.1. The average Bonchev–Trinajstić information content (AvgIpc) is 3.21. The molecule has 0 aromatic heterocycles. The number of allylic oxidation sites excluding steroid dienone is 2. The maximum absolute atomic E-state index is 11.1. The molecule has 158 valence electrons. The molecule has 4 rings (SSSR count). The minimum absolute atomic E-state index is 0.321.